The molecule has 1 aliphatic rings. The van der Waals surface area contributed by atoms with E-state index in [4.69, 9.17) is 25.6 Å². The van der Waals surface area contributed by atoms with Crippen molar-refractivity contribution in [3.63, 3.8) is 0 Å². The first-order valence-corrected chi connectivity index (χ1v) is 12.5. The number of amides is 1. The average Bonchev–Trinajstić information content (AvgIpc) is 3.65. The van der Waals surface area contributed by atoms with Gasteiger partial charge in [0.1, 0.15) is 29.0 Å². The Kier molecular flexibility index (Phi) is 6.82. The van der Waals surface area contributed by atoms with Gasteiger partial charge in [0.15, 0.2) is 5.76 Å². The van der Waals surface area contributed by atoms with Crippen molar-refractivity contribution in [2.75, 3.05) is 5.32 Å². The SMILES string of the molecule is Cc1noc(-c2ccc(Oc3ccc(C4(C(=O)O)CC4)cc3)cc2)c1NC(=O)O[C@H](C)c1ccccc1Cl. The lowest BCUT2D eigenvalue weighted by atomic mass is 9.96. The molecule has 1 aromatic heterocycles. The number of carbonyl (C=O) groups is 2. The molecule has 9 heteroatoms. The second-order valence-corrected chi connectivity index (χ2v) is 9.61. The number of aliphatic carboxylic acids is 1. The summed E-state index contributed by atoms with van der Waals surface area (Å²) in [5.74, 6) is 0.765. The fraction of sp³-hybridized carbons (Fsp3) is 0.207. The highest BCUT2D eigenvalue weighted by Gasteiger charge is 2.51. The van der Waals surface area contributed by atoms with Gasteiger partial charge in [-0.2, -0.15) is 0 Å². The summed E-state index contributed by atoms with van der Waals surface area (Å²) in [5, 5.41) is 16.7. The van der Waals surface area contributed by atoms with Crippen molar-refractivity contribution in [3.05, 3.63) is 94.6 Å². The summed E-state index contributed by atoms with van der Waals surface area (Å²) in [6, 6.07) is 21.4. The highest BCUT2D eigenvalue weighted by molar-refractivity contribution is 6.31. The average molecular weight is 533 g/mol. The third-order valence-corrected chi connectivity index (χ3v) is 6.98. The van der Waals surface area contributed by atoms with Crippen molar-refractivity contribution in [2.45, 2.75) is 38.2 Å². The van der Waals surface area contributed by atoms with E-state index in [1.54, 1.807) is 74.5 Å². The van der Waals surface area contributed by atoms with E-state index < -0.39 is 23.6 Å². The Morgan fingerprint density at radius 2 is 1.66 bits per heavy atom. The third kappa shape index (κ3) is 5.08. The highest BCUT2D eigenvalue weighted by Crippen LogP contribution is 2.48. The molecule has 0 unspecified atom stereocenters. The Bertz CT molecular complexity index is 1480. The largest absolute Gasteiger partial charge is 0.481 e. The number of carbonyl (C=O) groups excluding carboxylic acids is 1. The van der Waals surface area contributed by atoms with Crippen LogP contribution in [0.3, 0.4) is 0 Å². The van der Waals surface area contributed by atoms with E-state index in [0.717, 1.165) is 5.56 Å². The smallest absolute Gasteiger partial charge is 0.412 e. The van der Waals surface area contributed by atoms with Crippen LogP contribution in [-0.4, -0.2) is 22.3 Å². The molecule has 0 aliphatic heterocycles. The summed E-state index contributed by atoms with van der Waals surface area (Å²) in [4.78, 5) is 24.2. The summed E-state index contributed by atoms with van der Waals surface area (Å²) in [6.07, 6.45) is 0.0844. The molecule has 194 valence electrons. The van der Waals surface area contributed by atoms with Gasteiger partial charge in [0, 0.05) is 16.1 Å². The lowest BCUT2D eigenvalue weighted by Crippen LogP contribution is -2.19. The molecule has 8 nitrogen and oxygen atoms in total. The number of ether oxygens (including phenoxy) is 2. The van der Waals surface area contributed by atoms with Crippen molar-refractivity contribution in [1.82, 2.24) is 5.16 Å². The van der Waals surface area contributed by atoms with Crippen LogP contribution in [0.15, 0.2) is 77.3 Å². The lowest BCUT2D eigenvalue weighted by Gasteiger charge is -2.15. The molecule has 1 heterocycles. The van der Waals surface area contributed by atoms with Crippen LogP contribution in [0, 0.1) is 6.92 Å². The quantitative estimate of drug-likeness (QED) is 0.241. The molecule has 1 aliphatic carbocycles. The van der Waals surface area contributed by atoms with E-state index in [-0.39, 0.29) is 0 Å². The van der Waals surface area contributed by atoms with Crippen molar-refractivity contribution in [3.8, 4) is 22.8 Å². The Morgan fingerprint density at radius 3 is 2.26 bits per heavy atom. The van der Waals surface area contributed by atoms with Gasteiger partial charge < -0.3 is 19.1 Å². The molecule has 0 radical (unpaired) electrons. The van der Waals surface area contributed by atoms with Crippen molar-refractivity contribution < 1.29 is 28.7 Å². The molecule has 0 saturated heterocycles. The van der Waals surface area contributed by atoms with Crippen LogP contribution in [-0.2, 0) is 14.9 Å². The minimum absolute atomic E-state index is 0.379. The van der Waals surface area contributed by atoms with Crippen LogP contribution in [0.4, 0.5) is 10.5 Å². The topological polar surface area (TPSA) is 111 Å². The first kappa shape index (κ1) is 25.4. The Morgan fingerprint density at radius 1 is 1.03 bits per heavy atom. The van der Waals surface area contributed by atoms with Crippen LogP contribution in [0.25, 0.3) is 11.3 Å². The molecule has 2 N–H and O–H groups in total. The van der Waals surface area contributed by atoms with Gasteiger partial charge in [0.2, 0.25) is 0 Å². The first-order valence-electron chi connectivity index (χ1n) is 12.1. The number of rotatable bonds is 8. The number of aryl methyl sites for hydroxylation is 1. The molecule has 0 spiro atoms. The maximum atomic E-state index is 12.6. The molecule has 5 rings (SSSR count). The number of nitrogens with zero attached hydrogens (tertiary/aromatic N) is 1. The summed E-state index contributed by atoms with van der Waals surface area (Å²) >= 11 is 6.21. The van der Waals surface area contributed by atoms with Gasteiger partial charge in [-0.3, -0.25) is 10.1 Å². The molecule has 3 aromatic carbocycles. The summed E-state index contributed by atoms with van der Waals surface area (Å²) in [6.45, 7) is 3.46. The zero-order valence-electron chi connectivity index (χ0n) is 20.7. The predicted molar refractivity (Wildman–Crippen MR) is 142 cm³/mol. The number of hydrogen-bond donors (Lipinski definition) is 2. The van der Waals surface area contributed by atoms with Gasteiger partial charge in [0.25, 0.3) is 0 Å². The molecule has 1 fully saturated rings. The van der Waals surface area contributed by atoms with Crippen LogP contribution in [0.5, 0.6) is 11.5 Å². The number of hydrogen-bond acceptors (Lipinski definition) is 6. The number of nitrogens with one attached hydrogen (secondary N) is 1. The second kappa shape index (κ2) is 10.2. The number of halogens is 1. The van der Waals surface area contributed by atoms with E-state index in [0.29, 0.717) is 57.6 Å². The Balaban J connectivity index is 1.25. The van der Waals surface area contributed by atoms with Crippen LogP contribution < -0.4 is 10.1 Å². The lowest BCUT2D eigenvalue weighted by molar-refractivity contribution is -0.140. The van der Waals surface area contributed by atoms with E-state index in [2.05, 4.69) is 10.5 Å². The first-order chi connectivity index (χ1) is 18.3. The number of carboxylic acid groups (broad SMARTS) is 1. The maximum absolute atomic E-state index is 12.6. The van der Waals surface area contributed by atoms with Gasteiger partial charge in [-0.05, 0) is 74.7 Å². The summed E-state index contributed by atoms with van der Waals surface area (Å²) in [7, 11) is 0. The van der Waals surface area contributed by atoms with Crippen LogP contribution in [0.2, 0.25) is 5.02 Å². The Hall–Kier alpha value is -4.30. The maximum Gasteiger partial charge on any atom is 0.412 e. The van der Waals surface area contributed by atoms with Crippen LogP contribution in [0.1, 0.15) is 42.7 Å². The van der Waals surface area contributed by atoms with E-state index in [9.17, 15) is 14.7 Å². The molecule has 1 amide bonds. The number of benzene rings is 3. The van der Waals surface area contributed by atoms with Gasteiger partial charge in [-0.1, -0.05) is 47.1 Å². The van der Waals surface area contributed by atoms with Crippen molar-refractivity contribution in [2.24, 2.45) is 0 Å². The zero-order chi connectivity index (χ0) is 26.9. The second-order valence-electron chi connectivity index (χ2n) is 9.20. The molecule has 0 bridgehead atoms. The van der Waals surface area contributed by atoms with E-state index >= 15 is 0 Å². The summed E-state index contributed by atoms with van der Waals surface area (Å²) < 4.78 is 16.9. The number of aromatic nitrogens is 1. The van der Waals surface area contributed by atoms with Gasteiger partial charge >= 0.3 is 12.1 Å². The highest BCUT2D eigenvalue weighted by atomic mass is 35.5. The van der Waals surface area contributed by atoms with Gasteiger partial charge in [0.05, 0.1) is 5.41 Å². The fourth-order valence-electron chi connectivity index (χ4n) is 4.28. The zero-order valence-corrected chi connectivity index (χ0v) is 21.5. The van der Waals surface area contributed by atoms with Gasteiger partial charge in [-0.25, -0.2) is 4.79 Å². The Labute approximate surface area is 224 Å². The van der Waals surface area contributed by atoms with Gasteiger partial charge in [-0.15, -0.1) is 0 Å². The molecule has 1 saturated carbocycles. The molecule has 38 heavy (non-hydrogen) atoms. The minimum atomic E-state index is -0.790. The molecule has 1 atom stereocenters. The normalized spacial score (nSPS) is 14.4. The minimum Gasteiger partial charge on any atom is -0.481 e. The number of anilines is 1. The van der Waals surface area contributed by atoms with E-state index in [1.165, 1.54) is 0 Å². The monoisotopic (exact) mass is 532 g/mol. The fourth-order valence-corrected chi connectivity index (χ4v) is 4.57. The molecular weight excluding hydrogens is 508 g/mol. The standard InChI is InChI=1S/C29H25ClN2O6/c1-17-25(31-28(35)36-18(2)23-5-3-4-6-24(23)30)26(38-32-17)19-7-11-21(12-8-19)37-22-13-9-20(10-14-22)29(15-16-29)27(33)34/h3-14,18H,15-16H2,1-2H3,(H,31,35)(H,33,34)/t18-/m1/s1. The predicted octanol–water partition coefficient (Wildman–Crippen LogP) is 7.52. The number of carboxylic acids is 1. The van der Waals surface area contributed by atoms with Crippen LogP contribution >= 0.6 is 11.6 Å². The third-order valence-electron chi connectivity index (χ3n) is 6.64. The van der Waals surface area contributed by atoms with Crippen molar-refractivity contribution >= 4 is 29.4 Å². The summed E-state index contributed by atoms with van der Waals surface area (Å²) in [5.41, 5.74) is 2.31. The van der Waals surface area contributed by atoms with Crippen molar-refractivity contribution in [1.29, 1.82) is 0 Å². The molecular formula is C29H25ClN2O6. The van der Waals surface area contributed by atoms with E-state index in [1.807, 2.05) is 12.1 Å². The molecule has 4 aromatic rings.